The number of carbonyl (C=O) groups excluding carboxylic acids is 2. The normalized spacial score (nSPS) is 14.6. The first-order valence-corrected chi connectivity index (χ1v) is 10.7. The highest BCUT2D eigenvalue weighted by Crippen LogP contribution is 2.33. The van der Waals surface area contributed by atoms with E-state index in [9.17, 15) is 27.9 Å². The molecule has 2 N–H and O–H groups in total. The van der Waals surface area contributed by atoms with E-state index in [1.54, 1.807) is 27.7 Å². The molecule has 1 aliphatic heterocycles. The number of imidazole rings is 1. The Kier molecular flexibility index (Phi) is 6.58. The number of aliphatic hydroxyl groups excluding tert-OH is 1. The zero-order chi connectivity index (χ0) is 24.5. The summed E-state index contributed by atoms with van der Waals surface area (Å²) in [5.41, 5.74) is 0.744. The van der Waals surface area contributed by atoms with Crippen LogP contribution in [0.3, 0.4) is 0 Å². The van der Waals surface area contributed by atoms with Crippen molar-refractivity contribution in [2.24, 2.45) is 0 Å². The topological polar surface area (TPSA) is 96.7 Å². The van der Waals surface area contributed by atoms with E-state index in [1.807, 2.05) is 0 Å². The zero-order valence-corrected chi connectivity index (χ0v) is 18.4. The highest BCUT2D eigenvalue weighted by Gasteiger charge is 2.33. The molecule has 180 valence electrons. The lowest BCUT2D eigenvalue weighted by molar-refractivity contribution is -0.138. The Morgan fingerprint density at radius 3 is 2.74 bits per heavy atom. The average Bonchev–Trinajstić information content (AvgIpc) is 3.13. The van der Waals surface area contributed by atoms with Gasteiger partial charge in [-0.05, 0) is 49.2 Å². The van der Waals surface area contributed by atoms with E-state index in [2.05, 4.69) is 10.3 Å². The molecular weight excluding hydrogens is 453 g/mol. The molecular formula is C23H23F3N4O4. The highest BCUT2D eigenvalue weighted by molar-refractivity contribution is 6.04. The summed E-state index contributed by atoms with van der Waals surface area (Å²) >= 11 is 0. The van der Waals surface area contributed by atoms with Gasteiger partial charge in [-0.2, -0.15) is 13.2 Å². The second-order valence-electron chi connectivity index (χ2n) is 7.92. The minimum atomic E-state index is -4.58. The van der Waals surface area contributed by atoms with Crippen LogP contribution >= 0.6 is 0 Å². The van der Waals surface area contributed by atoms with Crippen LogP contribution in [0.4, 0.5) is 24.8 Å². The Hall–Kier alpha value is -3.44. The average molecular weight is 476 g/mol. The lowest BCUT2D eigenvalue weighted by atomic mass is 10.0. The number of nitrogens with zero attached hydrogens (tertiary/aromatic N) is 3. The summed E-state index contributed by atoms with van der Waals surface area (Å²) in [6, 6.07) is 8.59. The van der Waals surface area contributed by atoms with Crippen LogP contribution < -0.4 is 10.2 Å². The summed E-state index contributed by atoms with van der Waals surface area (Å²) in [6.45, 7) is 2.34. The van der Waals surface area contributed by atoms with E-state index in [0.29, 0.717) is 42.8 Å². The number of aliphatic hydroxyl groups is 1. The van der Waals surface area contributed by atoms with Gasteiger partial charge in [0.05, 0.1) is 23.2 Å². The highest BCUT2D eigenvalue weighted by atomic mass is 19.4. The molecule has 3 aromatic rings. The molecule has 11 heteroatoms. The van der Waals surface area contributed by atoms with Gasteiger partial charge < -0.3 is 19.3 Å². The number of aromatic nitrogens is 2. The number of carbonyl (C=O) groups is 2. The maximum Gasteiger partial charge on any atom is 0.416 e. The number of halogens is 3. The number of morpholine rings is 1. The molecule has 0 unspecified atom stereocenters. The van der Waals surface area contributed by atoms with Gasteiger partial charge in [-0.1, -0.05) is 6.07 Å². The maximum absolute atomic E-state index is 13.3. The Labute approximate surface area is 192 Å². The molecule has 0 spiro atoms. The Balaban J connectivity index is 1.68. The monoisotopic (exact) mass is 476 g/mol. The fraction of sp³-hybridized carbons (Fsp3) is 0.348. The molecule has 1 saturated heterocycles. The van der Waals surface area contributed by atoms with E-state index in [0.717, 1.165) is 6.07 Å². The Bertz CT molecular complexity index is 1240. The van der Waals surface area contributed by atoms with E-state index < -0.39 is 17.6 Å². The van der Waals surface area contributed by atoms with Crippen LogP contribution in [0.2, 0.25) is 0 Å². The first-order chi connectivity index (χ1) is 16.2. The second-order valence-corrected chi connectivity index (χ2v) is 7.92. The number of rotatable bonds is 6. The van der Waals surface area contributed by atoms with Crippen molar-refractivity contribution in [1.82, 2.24) is 9.55 Å². The molecule has 2 heterocycles. The number of benzene rings is 2. The molecule has 1 aliphatic rings. The van der Waals surface area contributed by atoms with E-state index in [1.165, 1.54) is 19.1 Å². The number of anilines is 2. The number of nitrogens with one attached hydrogen (secondary N) is 1. The molecule has 2 amide bonds. The number of amides is 2. The summed E-state index contributed by atoms with van der Waals surface area (Å²) < 4.78 is 46.7. The van der Waals surface area contributed by atoms with Crippen molar-refractivity contribution in [3.8, 4) is 0 Å². The van der Waals surface area contributed by atoms with Crippen molar-refractivity contribution in [1.29, 1.82) is 0 Å². The fourth-order valence-electron chi connectivity index (χ4n) is 3.87. The van der Waals surface area contributed by atoms with E-state index >= 15 is 0 Å². The number of hydrogen-bond acceptors (Lipinski definition) is 5. The van der Waals surface area contributed by atoms with Crippen LogP contribution in [0.5, 0.6) is 0 Å². The summed E-state index contributed by atoms with van der Waals surface area (Å²) in [5, 5.41) is 11.9. The van der Waals surface area contributed by atoms with Gasteiger partial charge >= 0.3 is 6.18 Å². The third-order valence-electron chi connectivity index (χ3n) is 5.60. The molecule has 1 fully saturated rings. The van der Waals surface area contributed by atoms with Crippen LogP contribution in [-0.4, -0.2) is 52.8 Å². The van der Waals surface area contributed by atoms with Gasteiger partial charge in [-0.15, -0.1) is 0 Å². The summed E-state index contributed by atoms with van der Waals surface area (Å²) in [6.07, 6.45) is -4.21. The predicted molar refractivity (Wildman–Crippen MR) is 119 cm³/mol. The second kappa shape index (κ2) is 9.43. The maximum atomic E-state index is 13.3. The minimum absolute atomic E-state index is 0.0131. The minimum Gasteiger partial charge on any atom is -0.396 e. The number of fused-ring (bicyclic) bond motifs is 1. The van der Waals surface area contributed by atoms with Crippen molar-refractivity contribution >= 4 is 34.5 Å². The number of hydrogen-bond donors (Lipinski definition) is 2. The largest absolute Gasteiger partial charge is 0.416 e. The van der Waals surface area contributed by atoms with Gasteiger partial charge in [0.2, 0.25) is 5.95 Å². The van der Waals surface area contributed by atoms with Crippen LogP contribution in [0, 0.1) is 6.92 Å². The van der Waals surface area contributed by atoms with Gasteiger partial charge in [-0.3, -0.25) is 14.9 Å². The Morgan fingerprint density at radius 1 is 1.24 bits per heavy atom. The van der Waals surface area contributed by atoms with Crippen molar-refractivity contribution in [3.63, 3.8) is 0 Å². The predicted octanol–water partition coefficient (Wildman–Crippen LogP) is 3.36. The molecule has 2 aromatic carbocycles. The summed E-state index contributed by atoms with van der Waals surface area (Å²) in [4.78, 5) is 31.0. The molecule has 0 atom stereocenters. The molecule has 34 heavy (non-hydrogen) atoms. The van der Waals surface area contributed by atoms with Gasteiger partial charge in [0.25, 0.3) is 11.8 Å². The number of aryl methyl sites for hydroxylation is 2. The molecule has 8 nitrogen and oxygen atoms in total. The fourth-order valence-corrected chi connectivity index (χ4v) is 3.87. The van der Waals surface area contributed by atoms with Gasteiger partial charge in [0.1, 0.15) is 6.61 Å². The molecule has 0 radical (unpaired) electrons. The zero-order valence-electron chi connectivity index (χ0n) is 18.4. The number of ether oxygens (including phenoxy) is 1. The smallest absolute Gasteiger partial charge is 0.396 e. The van der Waals surface area contributed by atoms with Crippen LogP contribution in [0.15, 0.2) is 36.4 Å². The van der Waals surface area contributed by atoms with Crippen molar-refractivity contribution in [3.05, 3.63) is 53.1 Å². The standard InChI is InChI=1S/C23H23F3N4O4/c1-14-3-4-15(11-17(14)23(24,25)26)21(33)28-22-27-18-12-16(29-8-10-34-13-20(29)32)5-6-19(18)30(22)7-2-9-31/h3-6,11-12,31H,2,7-10,13H2,1H3,(H,27,28,33). The van der Waals surface area contributed by atoms with Crippen molar-refractivity contribution in [2.75, 3.05) is 36.6 Å². The number of alkyl halides is 3. The lowest BCUT2D eigenvalue weighted by Crippen LogP contribution is -2.41. The van der Waals surface area contributed by atoms with Crippen molar-refractivity contribution < 1.29 is 32.6 Å². The van der Waals surface area contributed by atoms with E-state index in [4.69, 9.17) is 4.74 Å². The molecule has 0 aliphatic carbocycles. The van der Waals surface area contributed by atoms with Crippen LogP contribution in [0.25, 0.3) is 11.0 Å². The van der Waals surface area contributed by atoms with E-state index in [-0.39, 0.29) is 36.2 Å². The quantitative estimate of drug-likeness (QED) is 0.569. The lowest BCUT2D eigenvalue weighted by Gasteiger charge is -2.26. The Morgan fingerprint density at radius 2 is 2.03 bits per heavy atom. The summed E-state index contributed by atoms with van der Waals surface area (Å²) in [5.74, 6) is -0.790. The van der Waals surface area contributed by atoms with Gasteiger partial charge in [0.15, 0.2) is 0 Å². The third-order valence-corrected chi connectivity index (χ3v) is 5.60. The van der Waals surface area contributed by atoms with Crippen molar-refractivity contribution in [2.45, 2.75) is 26.1 Å². The first-order valence-electron chi connectivity index (χ1n) is 10.7. The SMILES string of the molecule is Cc1ccc(C(=O)Nc2nc3cc(N4CCOCC4=O)ccc3n2CCCO)cc1C(F)(F)F. The summed E-state index contributed by atoms with van der Waals surface area (Å²) in [7, 11) is 0. The molecule has 0 bridgehead atoms. The van der Waals surface area contributed by atoms with Crippen LogP contribution in [-0.2, 0) is 22.3 Å². The molecule has 1 aromatic heterocycles. The first kappa shape index (κ1) is 23.7. The van der Waals surface area contributed by atoms with Crippen LogP contribution in [0.1, 0.15) is 27.9 Å². The van der Waals surface area contributed by atoms with Gasteiger partial charge in [0, 0.05) is 30.9 Å². The van der Waals surface area contributed by atoms with Gasteiger partial charge in [-0.25, -0.2) is 4.98 Å². The third kappa shape index (κ3) is 4.75. The molecule has 0 saturated carbocycles. The molecule has 4 rings (SSSR count).